The summed E-state index contributed by atoms with van der Waals surface area (Å²) in [5.41, 5.74) is 2.76. The molecule has 6 rings (SSSR count). The van der Waals surface area contributed by atoms with Crippen molar-refractivity contribution >= 4 is 31.3 Å². The van der Waals surface area contributed by atoms with Gasteiger partial charge in [-0.25, -0.2) is 0 Å². The zero-order valence-corrected chi connectivity index (χ0v) is 25.2. The maximum Gasteiger partial charge on any atom is 0.265 e. The lowest BCUT2D eigenvalue weighted by Gasteiger charge is -2.29. The lowest BCUT2D eigenvalue weighted by molar-refractivity contribution is -0.144. The Morgan fingerprint density at radius 2 is 1.64 bits per heavy atom. The summed E-state index contributed by atoms with van der Waals surface area (Å²) < 4.78 is 5.99. The van der Waals surface area contributed by atoms with Crippen molar-refractivity contribution in [3.8, 4) is 11.1 Å². The van der Waals surface area contributed by atoms with Gasteiger partial charge in [-0.05, 0) is 47.0 Å². The summed E-state index contributed by atoms with van der Waals surface area (Å²) in [5, 5.41) is 12.7. The molecule has 0 spiro atoms. The van der Waals surface area contributed by atoms with Crippen molar-refractivity contribution < 1.29 is 19.4 Å². The highest BCUT2D eigenvalue weighted by Crippen LogP contribution is 2.54. The molecular formula is C34H35N3O4Si. The number of nitrogens with zero attached hydrogens (tertiary/aromatic N) is 3. The molecule has 214 valence electrons. The van der Waals surface area contributed by atoms with Crippen LogP contribution in [0.5, 0.6) is 0 Å². The molecule has 0 fully saturated rings. The molecule has 3 heterocycles. The van der Waals surface area contributed by atoms with E-state index in [1.54, 1.807) is 22.2 Å². The minimum atomic E-state index is -2.11. The van der Waals surface area contributed by atoms with Gasteiger partial charge in [-0.3, -0.25) is 19.5 Å². The maximum absolute atomic E-state index is 14.4. The summed E-state index contributed by atoms with van der Waals surface area (Å²) >= 11 is 0. The minimum absolute atomic E-state index is 0.0669. The highest BCUT2D eigenvalue weighted by molar-refractivity contribution is 6.76. The van der Waals surface area contributed by atoms with Crippen molar-refractivity contribution in [1.29, 1.82) is 0 Å². The molecule has 0 bridgehead atoms. The van der Waals surface area contributed by atoms with Gasteiger partial charge in [0.15, 0.2) is 5.60 Å². The molecule has 0 saturated carbocycles. The molecule has 2 aliphatic rings. The number of anilines is 2. The fraction of sp³-hybridized carbons (Fsp3) is 0.265. The Morgan fingerprint density at radius 1 is 0.881 bits per heavy atom. The number of rotatable bonds is 9. The van der Waals surface area contributed by atoms with E-state index in [4.69, 9.17) is 4.74 Å². The van der Waals surface area contributed by atoms with Gasteiger partial charge in [-0.2, -0.15) is 0 Å². The molecule has 1 N–H and O–H groups in total. The van der Waals surface area contributed by atoms with E-state index in [2.05, 4.69) is 24.6 Å². The second kappa shape index (κ2) is 10.9. The molecule has 8 heteroatoms. The highest BCUT2D eigenvalue weighted by Gasteiger charge is 2.61. The van der Waals surface area contributed by atoms with E-state index in [1.807, 2.05) is 84.9 Å². The van der Waals surface area contributed by atoms with Crippen LogP contribution in [0.15, 0.2) is 97.3 Å². The van der Waals surface area contributed by atoms with Gasteiger partial charge in [0.05, 0.1) is 17.9 Å². The molecular weight excluding hydrogens is 542 g/mol. The van der Waals surface area contributed by atoms with Gasteiger partial charge in [-0.15, -0.1) is 0 Å². The topological polar surface area (TPSA) is 83.0 Å². The van der Waals surface area contributed by atoms with Crippen molar-refractivity contribution in [1.82, 2.24) is 4.98 Å². The number of ether oxygens (including phenoxy) is 1. The third-order valence-corrected chi connectivity index (χ3v) is 9.84. The van der Waals surface area contributed by atoms with E-state index in [0.29, 0.717) is 29.1 Å². The van der Waals surface area contributed by atoms with Crippen LogP contribution >= 0.6 is 0 Å². The van der Waals surface area contributed by atoms with Gasteiger partial charge >= 0.3 is 0 Å². The van der Waals surface area contributed by atoms with Crippen molar-refractivity contribution in [2.75, 3.05) is 23.1 Å². The van der Waals surface area contributed by atoms with Crippen LogP contribution in [0, 0.1) is 0 Å². The van der Waals surface area contributed by atoms with Crippen LogP contribution in [0.2, 0.25) is 25.7 Å². The van der Waals surface area contributed by atoms with Gasteiger partial charge < -0.3 is 14.7 Å². The Bertz CT molecular complexity index is 1620. The van der Waals surface area contributed by atoms with Crippen LogP contribution in [0.4, 0.5) is 11.4 Å². The van der Waals surface area contributed by atoms with Gasteiger partial charge in [0.2, 0.25) is 5.91 Å². The van der Waals surface area contributed by atoms with Gasteiger partial charge in [0, 0.05) is 38.2 Å². The summed E-state index contributed by atoms with van der Waals surface area (Å²) in [6.45, 7) is 7.73. The molecule has 3 aromatic carbocycles. The van der Waals surface area contributed by atoms with Crippen LogP contribution < -0.4 is 9.80 Å². The number of hydrogen-bond donors (Lipinski definition) is 1. The predicted octanol–water partition coefficient (Wildman–Crippen LogP) is 5.93. The van der Waals surface area contributed by atoms with E-state index in [9.17, 15) is 14.7 Å². The van der Waals surface area contributed by atoms with Crippen molar-refractivity contribution in [3.63, 3.8) is 0 Å². The lowest BCUT2D eigenvalue weighted by Crippen LogP contribution is -2.48. The first kappa shape index (κ1) is 28.0. The molecule has 42 heavy (non-hydrogen) atoms. The fourth-order valence-corrected chi connectivity index (χ4v) is 6.63. The van der Waals surface area contributed by atoms with Gasteiger partial charge in [0.1, 0.15) is 12.6 Å². The Morgan fingerprint density at radius 3 is 2.38 bits per heavy atom. The van der Waals surface area contributed by atoms with Crippen molar-refractivity contribution in [3.05, 3.63) is 114 Å². The molecule has 4 aromatic rings. The maximum atomic E-state index is 14.4. The smallest absolute Gasteiger partial charge is 0.265 e. The number of carbonyl (C=O) groups excluding carboxylic acids is 2. The second-order valence-electron chi connectivity index (χ2n) is 12.2. The number of fused-ring (bicyclic) bond motifs is 2. The normalized spacial score (nSPS) is 19.8. The van der Waals surface area contributed by atoms with Gasteiger partial charge in [-0.1, -0.05) is 80.3 Å². The van der Waals surface area contributed by atoms with Crippen LogP contribution in [0.25, 0.3) is 11.1 Å². The van der Waals surface area contributed by atoms with Crippen molar-refractivity contribution in [2.45, 2.75) is 43.7 Å². The first-order valence-electron chi connectivity index (χ1n) is 14.3. The summed E-state index contributed by atoms with van der Waals surface area (Å²) in [4.78, 5) is 36.1. The van der Waals surface area contributed by atoms with Gasteiger partial charge in [0.25, 0.3) is 5.91 Å². The summed E-state index contributed by atoms with van der Waals surface area (Å²) in [6.07, 6.45) is 3.45. The van der Waals surface area contributed by atoms with E-state index in [0.717, 1.165) is 22.7 Å². The van der Waals surface area contributed by atoms with Crippen LogP contribution in [-0.4, -0.2) is 43.3 Å². The molecule has 0 aliphatic carbocycles. The molecule has 0 saturated heterocycles. The summed E-state index contributed by atoms with van der Waals surface area (Å²) in [6, 6.07) is 27.4. The van der Waals surface area contributed by atoms with E-state index >= 15 is 0 Å². The average molecular weight is 578 g/mol. The van der Waals surface area contributed by atoms with Crippen molar-refractivity contribution in [2.24, 2.45) is 0 Å². The van der Waals surface area contributed by atoms with Crippen LogP contribution in [0.3, 0.4) is 0 Å². The molecule has 1 aromatic heterocycles. The fourth-order valence-electron chi connectivity index (χ4n) is 5.88. The number of carbonyl (C=O) groups is 2. The molecule has 0 radical (unpaired) electrons. The summed E-state index contributed by atoms with van der Waals surface area (Å²) in [5.74, 6) is -1.98. The molecule has 2 atom stereocenters. The third-order valence-electron chi connectivity index (χ3n) is 8.13. The zero-order valence-electron chi connectivity index (χ0n) is 24.2. The quantitative estimate of drug-likeness (QED) is 0.197. The Kier molecular flexibility index (Phi) is 7.30. The SMILES string of the molecule is C[Si](C)(C)CCOCN1C(=O)[C@@H]([C@@]2(O)C(=O)N(Cc3ccccc3)c3ccc(-c4cccnc4)cc32)c2ccccc21. The summed E-state index contributed by atoms with van der Waals surface area (Å²) in [7, 11) is -1.31. The van der Waals surface area contributed by atoms with E-state index in [1.165, 1.54) is 0 Å². The number of aromatic nitrogens is 1. The van der Waals surface area contributed by atoms with Crippen LogP contribution in [0.1, 0.15) is 22.6 Å². The van der Waals surface area contributed by atoms with E-state index < -0.39 is 25.5 Å². The zero-order chi connectivity index (χ0) is 29.5. The Balaban J connectivity index is 1.43. The lowest BCUT2D eigenvalue weighted by atomic mass is 9.78. The van der Waals surface area contributed by atoms with Crippen LogP contribution in [-0.2, 0) is 26.5 Å². The molecule has 2 amide bonds. The average Bonchev–Trinajstić information content (AvgIpc) is 3.39. The number of hydrogen-bond acceptors (Lipinski definition) is 5. The third kappa shape index (κ3) is 4.96. The number of para-hydroxylation sites is 1. The number of pyridine rings is 1. The van der Waals surface area contributed by atoms with E-state index in [-0.39, 0.29) is 19.2 Å². The monoisotopic (exact) mass is 577 g/mol. The standard InChI is InChI=1S/C34H35N3O4Si/c1-42(2,3)19-18-41-23-37-29-14-8-7-13-27(29)31(32(37)38)34(40)28-20-25(26-12-9-17-35-21-26)15-16-30(28)36(33(34)39)22-24-10-5-4-6-11-24/h4-17,20-21,31,40H,18-19,22-23H2,1-3H3/t31-,34+/m0/s1. The molecule has 7 nitrogen and oxygen atoms in total. The Hall–Kier alpha value is -4.11. The molecule has 2 aliphatic heterocycles. The molecule has 0 unspecified atom stereocenters. The minimum Gasteiger partial charge on any atom is -0.374 e. The number of amides is 2. The first-order chi connectivity index (χ1) is 20.2. The largest absolute Gasteiger partial charge is 0.374 e. The highest BCUT2D eigenvalue weighted by atomic mass is 28.3. The first-order valence-corrected chi connectivity index (χ1v) is 18.0. The Labute approximate surface area is 247 Å². The number of benzene rings is 3. The second-order valence-corrected chi connectivity index (χ2v) is 17.8. The predicted molar refractivity (Wildman–Crippen MR) is 167 cm³/mol. The number of aliphatic hydroxyl groups is 1.